The lowest BCUT2D eigenvalue weighted by molar-refractivity contribution is 0.0700. The van der Waals surface area contributed by atoms with Crippen LogP contribution >= 0.6 is 0 Å². The Labute approximate surface area is 189 Å². The van der Waals surface area contributed by atoms with Crippen LogP contribution in [0.15, 0.2) is 57.7 Å². The van der Waals surface area contributed by atoms with Gasteiger partial charge >= 0.3 is 0 Å². The number of hydrogen-bond acceptors (Lipinski definition) is 6. The Morgan fingerprint density at radius 2 is 1.94 bits per heavy atom. The summed E-state index contributed by atoms with van der Waals surface area (Å²) in [5.74, 6) is 0.988. The second kappa shape index (κ2) is 10.0. The van der Waals surface area contributed by atoms with E-state index in [1.807, 2.05) is 49.3 Å². The van der Waals surface area contributed by atoms with Crippen molar-refractivity contribution in [3.63, 3.8) is 0 Å². The molecular weight excluding hydrogens is 404 g/mol. The molecule has 3 aromatic rings. The van der Waals surface area contributed by atoms with Crippen molar-refractivity contribution < 1.29 is 13.7 Å². The molecule has 4 rings (SSSR count). The van der Waals surface area contributed by atoms with Gasteiger partial charge in [0.15, 0.2) is 5.76 Å². The molecule has 3 heterocycles. The second-order valence-electron chi connectivity index (χ2n) is 8.73. The van der Waals surface area contributed by atoms with Gasteiger partial charge in [-0.1, -0.05) is 35.5 Å². The number of piperidine rings is 1. The van der Waals surface area contributed by atoms with Crippen LogP contribution in [0.5, 0.6) is 0 Å². The summed E-state index contributed by atoms with van der Waals surface area (Å²) in [4.78, 5) is 19.5. The fourth-order valence-electron chi connectivity index (χ4n) is 4.21. The minimum Gasteiger partial charge on any atom is -0.459 e. The lowest BCUT2D eigenvalue weighted by atomic mass is 10.0. The molecule has 0 aliphatic carbocycles. The van der Waals surface area contributed by atoms with Crippen LogP contribution in [0.2, 0.25) is 0 Å². The number of likely N-dealkylation sites (N-methyl/N-ethyl adjacent to an activating group) is 1. The van der Waals surface area contributed by atoms with E-state index in [2.05, 4.69) is 21.9 Å². The van der Waals surface area contributed by atoms with E-state index >= 15 is 0 Å². The molecule has 7 nitrogen and oxygen atoms in total. The van der Waals surface area contributed by atoms with E-state index in [0.717, 1.165) is 48.6 Å². The molecule has 1 saturated heterocycles. The van der Waals surface area contributed by atoms with Crippen LogP contribution in [0.1, 0.15) is 42.3 Å². The van der Waals surface area contributed by atoms with Crippen molar-refractivity contribution in [2.45, 2.75) is 38.8 Å². The van der Waals surface area contributed by atoms with Crippen molar-refractivity contribution in [1.29, 1.82) is 0 Å². The number of rotatable bonds is 8. The highest BCUT2D eigenvalue weighted by Crippen LogP contribution is 2.35. The first-order chi connectivity index (χ1) is 15.5. The Morgan fingerprint density at radius 3 is 2.62 bits per heavy atom. The number of benzene rings is 1. The average Bonchev–Trinajstić information content (AvgIpc) is 3.47. The number of amides is 1. The van der Waals surface area contributed by atoms with Crippen molar-refractivity contribution in [2.75, 3.05) is 38.6 Å². The molecule has 170 valence electrons. The highest BCUT2D eigenvalue weighted by Gasteiger charge is 2.30. The van der Waals surface area contributed by atoms with Gasteiger partial charge in [-0.25, -0.2) is 0 Å². The summed E-state index contributed by atoms with van der Waals surface area (Å²) >= 11 is 0. The van der Waals surface area contributed by atoms with Gasteiger partial charge in [-0.05, 0) is 52.4 Å². The molecular formula is C25H32N4O3. The Bertz CT molecular complexity index is 998. The Morgan fingerprint density at radius 1 is 1.12 bits per heavy atom. The minimum atomic E-state index is -0.130. The van der Waals surface area contributed by atoms with Gasteiger partial charge in [-0.2, -0.15) is 0 Å². The Kier molecular flexibility index (Phi) is 6.95. The highest BCUT2D eigenvalue weighted by atomic mass is 16.5. The maximum atomic E-state index is 13.3. The van der Waals surface area contributed by atoms with E-state index in [1.165, 1.54) is 12.7 Å². The number of furan rings is 1. The highest BCUT2D eigenvalue weighted by molar-refractivity contribution is 5.91. The summed E-state index contributed by atoms with van der Waals surface area (Å²) in [5.41, 5.74) is 2.73. The molecule has 32 heavy (non-hydrogen) atoms. The molecule has 0 radical (unpaired) electrons. The predicted octanol–water partition coefficient (Wildman–Crippen LogP) is 4.52. The number of carbonyl (C=O) groups is 1. The molecule has 1 aromatic carbocycles. The molecule has 0 saturated carbocycles. The average molecular weight is 437 g/mol. The SMILES string of the molecule is CC1CCCCN1c1onc(-c2ccccc2)c1CN(CCN(C)C)C(=O)c1ccco1. The molecule has 1 atom stereocenters. The van der Waals surface area contributed by atoms with Gasteiger partial charge in [0.05, 0.1) is 18.4 Å². The third-order valence-corrected chi connectivity index (χ3v) is 6.06. The van der Waals surface area contributed by atoms with Gasteiger partial charge in [-0.3, -0.25) is 4.79 Å². The number of carbonyl (C=O) groups excluding carboxylic acids is 1. The van der Waals surface area contributed by atoms with E-state index < -0.39 is 0 Å². The lowest BCUT2D eigenvalue weighted by Crippen LogP contribution is -2.39. The number of aromatic nitrogens is 1. The zero-order valence-electron chi connectivity index (χ0n) is 19.2. The molecule has 2 aromatic heterocycles. The summed E-state index contributed by atoms with van der Waals surface area (Å²) < 4.78 is 11.4. The maximum Gasteiger partial charge on any atom is 0.289 e. The standard InChI is InChI=1S/C25H32N4O3/c1-19-10-7-8-14-29(19)25-21(23(26-32-25)20-11-5-4-6-12-20)18-28(16-15-27(2)3)24(30)22-13-9-17-31-22/h4-6,9,11-13,17,19H,7-8,10,14-16,18H2,1-3H3. The Hall–Kier alpha value is -3.06. The molecule has 1 fully saturated rings. The molecule has 1 unspecified atom stereocenters. The van der Waals surface area contributed by atoms with Crippen molar-refractivity contribution in [3.8, 4) is 11.3 Å². The lowest BCUT2D eigenvalue weighted by Gasteiger charge is -2.34. The van der Waals surface area contributed by atoms with Crippen LogP contribution in [-0.4, -0.2) is 60.6 Å². The van der Waals surface area contributed by atoms with Crippen LogP contribution in [0, 0.1) is 0 Å². The number of anilines is 1. The molecule has 0 spiro atoms. The quantitative estimate of drug-likeness (QED) is 0.517. The molecule has 1 aliphatic heterocycles. The van der Waals surface area contributed by atoms with Crippen molar-refractivity contribution >= 4 is 11.8 Å². The zero-order chi connectivity index (χ0) is 22.5. The van der Waals surface area contributed by atoms with E-state index in [4.69, 9.17) is 8.94 Å². The Balaban J connectivity index is 1.72. The summed E-state index contributed by atoms with van der Waals surface area (Å²) in [5, 5.41) is 4.48. The van der Waals surface area contributed by atoms with Crippen LogP contribution in [0.3, 0.4) is 0 Å². The molecule has 0 bridgehead atoms. The first-order valence-corrected chi connectivity index (χ1v) is 11.3. The fourth-order valence-corrected chi connectivity index (χ4v) is 4.21. The summed E-state index contributed by atoms with van der Waals surface area (Å²) in [7, 11) is 4.01. The molecule has 1 amide bonds. The van der Waals surface area contributed by atoms with Gasteiger partial charge < -0.3 is 23.6 Å². The van der Waals surface area contributed by atoms with Gasteiger partial charge in [0.25, 0.3) is 5.91 Å². The summed E-state index contributed by atoms with van der Waals surface area (Å²) in [6.07, 6.45) is 5.00. The minimum absolute atomic E-state index is 0.130. The summed E-state index contributed by atoms with van der Waals surface area (Å²) in [6.45, 7) is 4.88. The first-order valence-electron chi connectivity index (χ1n) is 11.3. The van der Waals surface area contributed by atoms with Crippen LogP contribution in [-0.2, 0) is 6.54 Å². The van der Waals surface area contributed by atoms with E-state index in [0.29, 0.717) is 24.9 Å². The van der Waals surface area contributed by atoms with Crippen LogP contribution in [0.25, 0.3) is 11.3 Å². The normalized spacial score (nSPS) is 16.5. The first kappa shape index (κ1) is 22.1. The van der Waals surface area contributed by atoms with E-state index in [9.17, 15) is 4.79 Å². The second-order valence-corrected chi connectivity index (χ2v) is 8.73. The van der Waals surface area contributed by atoms with Gasteiger partial charge in [0, 0.05) is 31.2 Å². The summed E-state index contributed by atoms with van der Waals surface area (Å²) in [6, 6.07) is 13.9. The zero-order valence-corrected chi connectivity index (χ0v) is 19.2. The smallest absolute Gasteiger partial charge is 0.289 e. The molecule has 1 aliphatic rings. The van der Waals surface area contributed by atoms with E-state index in [1.54, 1.807) is 12.1 Å². The third-order valence-electron chi connectivity index (χ3n) is 6.06. The third kappa shape index (κ3) is 4.88. The van der Waals surface area contributed by atoms with E-state index in [-0.39, 0.29) is 5.91 Å². The number of nitrogens with zero attached hydrogens (tertiary/aromatic N) is 4. The van der Waals surface area contributed by atoms with Gasteiger partial charge in [-0.15, -0.1) is 0 Å². The monoisotopic (exact) mass is 436 g/mol. The van der Waals surface area contributed by atoms with Crippen LogP contribution in [0.4, 0.5) is 5.88 Å². The number of hydrogen-bond donors (Lipinski definition) is 0. The predicted molar refractivity (Wildman–Crippen MR) is 125 cm³/mol. The topological polar surface area (TPSA) is 66.0 Å². The van der Waals surface area contributed by atoms with Crippen molar-refractivity contribution in [1.82, 2.24) is 15.0 Å². The van der Waals surface area contributed by atoms with Crippen molar-refractivity contribution in [2.24, 2.45) is 0 Å². The maximum absolute atomic E-state index is 13.3. The van der Waals surface area contributed by atoms with Crippen LogP contribution < -0.4 is 4.90 Å². The van der Waals surface area contributed by atoms with Crippen molar-refractivity contribution in [3.05, 3.63) is 60.1 Å². The fraction of sp³-hybridized carbons (Fsp3) is 0.440. The van der Waals surface area contributed by atoms with Gasteiger partial charge in [0.2, 0.25) is 5.88 Å². The molecule has 0 N–H and O–H groups in total. The van der Waals surface area contributed by atoms with Gasteiger partial charge in [0.1, 0.15) is 5.69 Å². The molecule has 7 heteroatoms. The largest absolute Gasteiger partial charge is 0.459 e.